The van der Waals surface area contributed by atoms with Crippen molar-refractivity contribution in [3.05, 3.63) is 45.5 Å². The summed E-state index contributed by atoms with van der Waals surface area (Å²) in [5.41, 5.74) is 6.56. The Morgan fingerprint density at radius 1 is 1.32 bits per heavy atom. The highest BCUT2D eigenvalue weighted by molar-refractivity contribution is 6.42. The summed E-state index contributed by atoms with van der Waals surface area (Å²) in [6.07, 6.45) is 1.27. The maximum atomic E-state index is 5.96. The molecule has 0 saturated carbocycles. The molecule has 0 aliphatic carbocycles. The molecule has 2 aromatic rings. The van der Waals surface area contributed by atoms with Crippen molar-refractivity contribution in [2.45, 2.75) is 19.8 Å². The van der Waals surface area contributed by atoms with Crippen LogP contribution in [0.4, 0.5) is 0 Å². The molecule has 4 nitrogen and oxygen atoms in total. The Balaban J connectivity index is 2.05. The monoisotopic (exact) mass is 299 g/mol. The average Bonchev–Trinajstić information content (AvgIpc) is 2.81. The highest BCUT2D eigenvalue weighted by Gasteiger charge is 2.11. The number of nitrogens with zero attached hydrogens (tertiary/aromatic N) is 2. The number of halogens is 2. The van der Waals surface area contributed by atoms with E-state index in [0.717, 1.165) is 5.56 Å². The van der Waals surface area contributed by atoms with E-state index in [0.29, 0.717) is 47.1 Å². The Hall–Kier alpha value is -1.10. The van der Waals surface area contributed by atoms with Gasteiger partial charge in [-0.2, -0.15) is 4.98 Å². The van der Waals surface area contributed by atoms with E-state index >= 15 is 0 Å². The lowest BCUT2D eigenvalue weighted by molar-refractivity contribution is 0.356. The molecule has 1 aromatic heterocycles. The van der Waals surface area contributed by atoms with Crippen molar-refractivity contribution in [2.24, 2.45) is 11.7 Å². The number of nitrogens with two attached hydrogens (primary N) is 1. The molecular weight excluding hydrogens is 285 g/mol. The summed E-state index contributed by atoms with van der Waals surface area (Å²) in [5, 5.41) is 5.01. The molecule has 1 heterocycles. The number of aromatic nitrogens is 2. The van der Waals surface area contributed by atoms with Crippen molar-refractivity contribution in [2.75, 3.05) is 6.54 Å². The Kier molecular flexibility index (Phi) is 4.80. The van der Waals surface area contributed by atoms with Crippen LogP contribution < -0.4 is 5.73 Å². The van der Waals surface area contributed by atoms with E-state index in [4.69, 9.17) is 33.5 Å². The molecule has 1 atom stereocenters. The zero-order valence-electron chi connectivity index (χ0n) is 10.6. The second-order valence-electron chi connectivity index (χ2n) is 4.57. The number of hydrogen-bond donors (Lipinski definition) is 1. The molecule has 0 bridgehead atoms. The third-order valence-corrected chi connectivity index (χ3v) is 3.52. The van der Waals surface area contributed by atoms with Gasteiger partial charge in [-0.3, -0.25) is 0 Å². The van der Waals surface area contributed by atoms with E-state index in [1.165, 1.54) is 0 Å². The molecule has 2 N–H and O–H groups in total. The van der Waals surface area contributed by atoms with Gasteiger partial charge < -0.3 is 10.3 Å². The van der Waals surface area contributed by atoms with Gasteiger partial charge in [0.25, 0.3) is 0 Å². The largest absolute Gasteiger partial charge is 0.339 e. The molecule has 0 saturated heterocycles. The maximum Gasteiger partial charge on any atom is 0.226 e. The molecule has 0 aliphatic rings. The van der Waals surface area contributed by atoms with Crippen molar-refractivity contribution < 1.29 is 4.52 Å². The lowest BCUT2D eigenvalue weighted by atomic mass is 10.1. The molecule has 1 unspecified atom stereocenters. The van der Waals surface area contributed by atoms with Gasteiger partial charge in [0.2, 0.25) is 5.89 Å². The Morgan fingerprint density at radius 3 is 2.79 bits per heavy atom. The topological polar surface area (TPSA) is 64.9 Å². The van der Waals surface area contributed by atoms with E-state index in [9.17, 15) is 0 Å². The van der Waals surface area contributed by atoms with E-state index in [1.807, 2.05) is 19.1 Å². The number of benzene rings is 1. The molecule has 0 fully saturated rings. The molecule has 19 heavy (non-hydrogen) atoms. The fourth-order valence-corrected chi connectivity index (χ4v) is 1.98. The zero-order valence-corrected chi connectivity index (χ0v) is 12.1. The van der Waals surface area contributed by atoms with E-state index in [1.54, 1.807) is 6.07 Å². The smallest absolute Gasteiger partial charge is 0.226 e. The van der Waals surface area contributed by atoms with Gasteiger partial charge in [0.1, 0.15) is 0 Å². The van der Waals surface area contributed by atoms with Gasteiger partial charge in [0, 0.05) is 12.8 Å². The van der Waals surface area contributed by atoms with Gasteiger partial charge in [-0.15, -0.1) is 0 Å². The van der Waals surface area contributed by atoms with Crippen molar-refractivity contribution in [3.8, 4) is 0 Å². The molecule has 0 radical (unpaired) electrons. The fraction of sp³-hybridized carbons (Fsp3) is 0.385. The first kappa shape index (κ1) is 14.3. The standard InChI is InChI=1S/C13H15Cl2N3O/c1-8(7-16)4-13-17-12(18-19-13)6-9-2-3-10(14)11(15)5-9/h2-3,5,8H,4,6-7,16H2,1H3. The highest BCUT2D eigenvalue weighted by Crippen LogP contribution is 2.23. The van der Waals surface area contributed by atoms with Crippen molar-refractivity contribution in [3.63, 3.8) is 0 Å². The number of hydrogen-bond acceptors (Lipinski definition) is 4. The van der Waals surface area contributed by atoms with E-state index in [2.05, 4.69) is 10.1 Å². The van der Waals surface area contributed by atoms with Gasteiger partial charge in [-0.05, 0) is 30.2 Å². The molecular formula is C13H15Cl2N3O. The molecule has 6 heteroatoms. The van der Waals surface area contributed by atoms with Crippen LogP contribution in [0.2, 0.25) is 10.0 Å². The van der Waals surface area contributed by atoms with Gasteiger partial charge in [0.05, 0.1) is 10.0 Å². The average molecular weight is 300 g/mol. The summed E-state index contributed by atoms with van der Waals surface area (Å²) in [6.45, 7) is 2.65. The van der Waals surface area contributed by atoms with E-state index in [-0.39, 0.29) is 0 Å². The Morgan fingerprint density at radius 2 is 2.11 bits per heavy atom. The van der Waals surface area contributed by atoms with E-state index < -0.39 is 0 Å². The first-order chi connectivity index (χ1) is 9.08. The maximum absolute atomic E-state index is 5.96. The summed E-state index contributed by atoms with van der Waals surface area (Å²) in [4.78, 5) is 4.34. The van der Waals surface area contributed by atoms with Crippen molar-refractivity contribution in [1.82, 2.24) is 10.1 Å². The van der Waals surface area contributed by atoms with Gasteiger partial charge in [-0.25, -0.2) is 0 Å². The van der Waals surface area contributed by atoms with Crippen LogP contribution in [0.5, 0.6) is 0 Å². The minimum atomic E-state index is 0.332. The van der Waals surface area contributed by atoms with Crippen LogP contribution in [-0.2, 0) is 12.8 Å². The summed E-state index contributed by atoms with van der Waals surface area (Å²) in [6, 6.07) is 5.46. The van der Waals surface area contributed by atoms with Crippen LogP contribution in [0.15, 0.2) is 22.7 Å². The normalized spacial score (nSPS) is 12.6. The Bertz CT molecular complexity index is 557. The third kappa shape index (κ3) is 3.93. The van der Waals surface area contributed by atoms with Crippen LogP contribution in [0.1, 0.15) is 24.2 Å². The highest BCUT2D eigenvalue weighted by atomic mass is 35.5. The van der Waals surface area contributed by atoms with Gasteiger partial charge in [0.15, 0.2) is 5.82 Å². The fourth-order valence-electron chi connectivity index (χ4n) is 1.66. The quantitative estimate of drug-likeness (QED) is 0.921. The summed E-state index contributed by atoms with van der Waals surface area (Å²) >= 11 is 11.8. The van der Waals surface area contributed by atoms with Crippen LogP contribution in [-0.4, -0.2) is 16.7 Å². The molecule has 102 valence electrons. The lowest BCUT2D eigenvalue weighted by Crippen LogP contribution is -2.13. The predicted molar refractivity (Wildman–Crippen MR) is 75.5 cm³/mol. The van der Waals surface area contributed by atoms with Crippen molar-refractivity contribution >= 4 is 23.2 Å². The minimum Gasteiger partial charge on any atom is -0.339 e. The van der Waals surface area contributed by atoms with Crippen LogP contribution >= 0.6 is 23.2 Å². The van der Waals surface area contributed by atoms with Crippen molar-refractivity contribution in [1.29, 1.82) is 0 Å². The predicted octanol–water partition coefficient (Wildman–Crippen LogP) is 3.10. The lowest BCUT2D eigenvalue weighted by Gasteiger charge is -2.02. The summed E-state index contributed by atoms with van der Waals surface area (Å²) in [7, 11) is 0. The summed E-state index contributed by atoms with van der Waals surface area (Å²) < 4.78 is 5.19. The first-order valence-corrected chi connectivity index (χ1v) is 6.79. The van der Waals surface area contributed by atoms with Gasteiger partial charge >= 0.3 is 0 Å². The molecule has 0 spiro atoms. The van der Waals surface area contributed by atoms with Crippen LogP contribution in [0.3, 0.4) is 0 Å². The second kappa shape index (κ2) is 6.37. The van der Waals surface area contributed by atoms with Crippen LogP contribution in [0.25, 0.3) is 0 Å². The SMILES string of the molecule is CC(CN)Cc1nc(Cc2ccc(Cl)c(Cl)c2)no1. The molecule has 1 aromatic carbocycles. The zero-order chi connectivity index (χ0) is 13.8. The van der Waals surface area contributed by atoms with Crippen LogP contribution in [0, 0.1) is 5.92 Å². The number of rotatable bonds is 5. The molecule has 0 aliphatic heterocycles. The minimum absolute atomic E-state index is 0.332. The molecule has 0 amide bonds. The second-order valence-corrected chi connectivity index (χ2v) is 5.39. The first-order valence-electron chi connectivity index (χ1n) is 6.04. The third-order valence-electron chi connectivity index (χ3n) is 2.78. The van der Waals surface area contributed by atoms with Gasteiger partial charge in [-0.1, -0.05) is 41.3 Å². The summed E-state index contributed by atoms with van der Waals surface area (Å²) in [5.74, 6) is 1.59. The Labute approximate surface area is 121 Å². The molecule has 2 rings (SSSR count).